The highest BCUT2D eigenvalue weighted by atomic mass is 35.5. The molecule has 0 aromatic heterocycles. The number of carbonyl (C=O) groups is 1. The van der Waals surface area contributed by atoms with Gasteiger partial charge in [0, 0.05) is 0 Å². The SMILES string of the molecule is C=C1C=CCCC1C(=O)Cl. The van der Waals surface area contributed by atoms with Crippen LogP contribution in [0.25, 0.3) is 0 Å². The molecule has 0 spiro atoms. The summed E-state index contributed by atoms with van der Waals surface area (Å²) >= 11 is 5.32. The lowest BCUT2D eigenvalue weighted by atomic mass is 9.92. The van der Waals surface area contributed by atoms with E-state index >= 15 is 0 Å². The molecule has 1 aliphatic rings. The Kier molecular flexibility index (Phi) is 2.28. The van der Waals surface area contributed by atoms with E-state index in [4.69, 9.17) is 11.6 Å². The zero-order valence-corrected chi connectivity index (χ0v) is 6.40. The van der Waals surface area contributed by atoms with Crippen molar-refractivity contribution in [2.24, 2.45) is 5.92 Å². The van der Waals surface area contributed by atoms with Gasteiger partial charge in [-0.25, -0.2) is 0 Å². The predicted molar refractivity (Wildman–Crippen MR) is 41.9 cm³/mol. The average Bonchev–Trinajstić information content (AvgIpc) is 1.88. The first-order valence-electron chi connectivity index (χ1n) is 3.26. The van der Waals surface area contributed by atoms with Gasteiger partial charge < -0.3 is 0 Å². The van der Waals surface area contributed by atoms with Gasteiger partial charge in [0.1, 0.15) is 0 Å². The Morgan fingerprint density at radius 3 is 2.90 bits per heavy atom. The third-order valence-electron chi connectivity index (χ3n) is 1.68. The second kappa shape index (κ2) is 3.02. The van der Waals surface area contributed by atoms with E-state index in [2.05, 4.69) is 6.58 Å². The molecule has 1 unspecified atom stereocenters. The van der Waals surface area contributed by atoms with Crippen LogP contribution in [-0.4, -0.2) is 5.24 Å². The van der Waals surface area contributed by atoms with Crippen LogP contribution in [-0.2, 0) is 4.79 Å². The van der Waals surface area contributed by atoms with E-state index in [0.29, 0.717) is 0 Å². The molecule has 1 aliphatic carbocycles. The first kappa shape index (κ1) is 7.55. The van der Waals surface area contributed by atoms with Crippen LogP contribution in [0.15, 0.2) is 24.3 Å². The third-order valence-corrected chi connectivity index (χ3v) is 1.94. The summed E-state index contributed by atoms with van der Waals surface area (Å²) in [6.45, 7) is 3.72. The van der Waals surface area contributed by atoms with Gasteiger partial charge in [0.15, 0.2) is 0 Å². The second-order valence-corrected chi connectivity index (χ2v) is 2.78. The third kappa shape index (κ3) is 1.48. The Labute approximate surface area is 65.4 Å². The number of halogens is 1. The van der Waals surface area contributed by atoms with Crippen LogP contribution in [0.3, 0.4) is 0 Å². The maximum Gasteiger partial charge on any atom is 0.229 e. The largest absolute Gasteiger partial charge is 0.281 e. The highest BCUT2D eigenvalue weighted by Gasteiger charge is 2.19. The van der Waals surface area contributed by atoms with Crippen molar-refractivity contribution < 1.29 is 4.79 Å². The zero-order chi connectivity index (χ0) is 7.56. The molecule has 1 atom stereocenters. The lowest BCUT2D eigenvalue weighted by Gasteiger charge is -2.14. The fourth-order valence-corrected chi connectivity index (χ4v) is 1.31. The Hall–Kier alpha value is -0.560. The molecule has 2 heteroatoms. The molecule has 10 heavy (non-hydrogen) atoms. The van der Waals surface area contributed by atoms with E-state index in [1.807, 2.05) is 12.2 Å². The van der Waals surface area contributed by atoms with Crippen molar-refractivity contribution in [3.8, 4) is 0 Å². The predicted octanol–water partition coefficient (Wildman–Crippen LogP) is 2.27. The van der Waals surface area contributed by atoms with E-state index in [-0.39, 0.29) is 11.2 Å². The average molecular weight is 157 g/mol. The molecule has 0 heterocycles. The second-order valence-electron chi connectivity index (χ2n) is 2.41. The number of hydrogen-bond acceptors (Lipinski definition) is 1. The van der Waals surface area contributed by atoms with Gasteiger partial charge in [-0.3, -0.25) is 4.79 Å². The summed E-state index contributed by atoms with van der Waals surface area (Å²) in [7, 11) is 0. The summed E-state index contributed by atoms with van der Waals surface area (Å²) < 4.78 is 0. The summed E-state index contributed by atoms with van der Waals surface area (Å²) in [6, 6.07) is 0. The fourth-order valence-electron chi connectivity index (χ4n) is 1.06. The summed E-state index contributed by atoms with van der Waals surface area (Å²) in [5.41, 5.74) is 0.839. The topological polar surface area (TPSA) is 17.1 Å². The molecule has 0 radical (unpaired) electrons. The molecular formula is C8H9ClO. The van der Waals surface area contributed by atoms with Crippen LogP contribution in [0.2, 0.25) is 0 Å². The first-order chi connectivity index (χ1) is 4.72. The summed E-state index contributed by atoms with van der Waals surface area (Å²) in [5.74, 6) is -0.133. The fraction of sp³-hybridized carbons (Fsp3) is 0.375. The summed E-state index contributed by atoms with van der Waals surface area (Å²) in [6.07, 6.45) is 5.63. The van der Waals surface area contributed by atoms with Crippen LogP contribution < -0.4 is 0 Å². The van der Waals surface area contributed by atoms with Crippen LogP contribution in [0.4, 0.5) is 0 Å². The Morgan fingerprint density at radius 1 is 1.80 bits per heavy atom. The number of hydrogen-bond donors (Lipinski definition) is 0. The molecule has 0 N–H and O–H groups in total. The van der Waals surface area contributed by atoms with Gasteiger partial charge in [0.25, 0.3) is 0 Å². The van der Waals surface area contributed by atoms with Gasteiger partial charge in [0.05, 0.1) is 5.92 Å². The number of allylic oxidation sites excluding steroid dienone is 3. The molecule has 0 aromatic carbocycles. The minimum absolute atomic E-state index is 0.133. The van der Waals surface area contributed by atoms with E-state index in [9.17, 15) is 4.79 Å². The van der Waals surface area contributed by atoms with Crippen LogP contribution in [0.1, 0.15) is 12.8 Å². The van der Waals surface area contributed by atoms with Crippen molar-refractivity contribution >= 4 is 16.8 Å². The van der Waals surface area contributed by atoms with Crippen molar-refractivity contribution in [3.63, 3.8) is 0 Å². The van der Waals surface area contributed by atoms with E-state index in [1.54, 1.807) is 0 Å². The van der Waals surface area contributed by atoms with Gasteiger partial charge in [-0.2, -0.15) is 0 Å². The monoisotopic (exact) mass is 156 g/mol. The molecule has 0 fully saturated rings. The molecule has 54 valence electrons. The molecule has 1 rings (SSSR count). The van der Waals surface area contributed by atoms with Crippen LogP contribution in [0, 0.1) is 5.92 Å². The van der Waals surface area contributed by atoms with Gasteiger partial charge in [-0.1, -0.05) is 18.7 Å². The molecule has 0 aromatic rings. The van der Waals surface area contributed by atoms with Crippen molar-refractivity contribution in [1.29, 1.82) is 0 Å². The number of carbonyl (C=O) groups excluding carboxylic acids is 1. The van der Waals surface area contributed by atoms with Crippen molar-refractivity contribution in [2.45, 2.75) is 12.8 Å². The lowest BCUT2D eigenvalue weighted by molar-refractivity contribution is -0.114. The Bertz CT molecular complexity index is 193. The highest BCUT2D eigenvalue weighted by Crippen LogP contribution is 2.24. The quantitative estimate of drug-likeness (QED) is 0.533. The lowest BCUT2D eigenvalue weighted by Crippen LogP contribution is -2.12. The highest BCUT2D eigenvalue weighted by molar-refractivity contribution is 6.64. The van der Waals surface area contributed by atoms with Crippen molar-refractivity contribution in [3.05, 3.63) is 24.3 Å². The van der Waals surface area contributed by atoms with Crippen molar-refractivity contribution in [1.82, 2.24) is 0 Å². The summed E-state index contributed by atoms with van der Waals surface area (Å²) in [5, 5.41) is -0.283. The number of rotatable bonds is 1. The van der Waals surface area contributed by atoms with Crippen molar-refractivity contribution in [2.75, 3.05) is 0 Å². The van der Waals surface area contributed by atoms with Gasteiger partial charge in [0.2, 0.25) is 5.24 Å². The maximum atomic E-state index is 10.7. The normalized spacial score (nSPS) is 24.9. The molecule has 1 nitrogen and oxygen atoms in total. The maximum absolute atomic E-state index is 10.7. The Balaban J connectivity index is 2.70. The minimum Gasteiger partial charge on any atom is -0.281 e. The van der Waals surface area contributed by atoms with Gasteiger partial charge in [-0.15, -0.1) is 0 Å². The summed E-state index contributed by atoms with van der Waals surface area (Å²) in [4.78, 5) is 10.7. The molecular weight excluding hydrogens is 148 g/mol. The zero-order valence-electron chi connectivity index (χ0n) is 5.64. The molecule has 0 saturated heterocycles. The van der Waals surface area contributed by atoms with E-state index < -0.39 is 0 Å². The minimum atomic E-state index is -0.283. The van der Waals surface area contributed by atoms with E-state index in [0.717, 1.165) is 18.4 Å². The van der Waals surface area contributed by atoms with Gasteiger partial charge >= 0.3 is 0 Å². The Morgan fingerprint density at radius 2 is 2.50 bits per heavy atom. The first-order valence-corrected chi connectivity index (χ1v) is 3.64. The molecule has 0 saturated carbocycles. The van der Waals surface area contributed by atoms with Gasteiger partial charge in [-0.05, 0) is 30.0 Å². The van der Waals surface area contributed by atoms with Crippen LogP contribution in [0.5, 0.6) is 0 Å². The molecule has 0 bridgehead atoms. The van der Waals surface area contributed by atoms with Crippen LogP contribution >= 0.6 is 11.6 Å². The van der Waals surface area contributed by atoms with E-state index in [1.165, 1.54) is 0 Å². The molecule has 0 amide bonds. The smallest absolute Gasteiger partial charge is 0.229 e. The molecule has 0 aliphatic heterocycles. The standard InChI is InChI=1S/C8H9ClO/c1-6-4-2-3-5-7(6)8(9)10/h2,4,7H,1,3,5H2.